The molecular weight excluding hydrogens is 290 g/mol. The molecule has 118 valence electrons. The minimum absolute atomic E-state index is 0.0374. The molecule has 0 aliphatic carbocycles. The molecule has 0 spiro atoms. The zero-order valence-corrected chi connectivity index (χ0v) is 13.3. The number of hydrogen-bond acceptors (Lipinski definition) is 3. The number of aryl methyl sites for hydroxylation is 2. The summed E-state index contributed by atoms with van der Waals surface area (Å²) in [4.78, 5) is 30.1. The Bertz CT molecular complexity index is 878. The van der Waals surface area contributed by atoms with Gasteiger partial charge in [-0.2, -0.15) is 0 Å². The first-order valence-corrected chi connectivity index (χ1v) is 7.90. The lowest BCUT2D eigenvalue weighted by atomic mass is 10.1. The van der Waals surface area contributed by atoms with Gasteiger partial charge < -0.3 is 14.9 Å². The van der Waals surface area contributed by atoms with E-state index in [1.165, 1.54) is 0 Å². The Kier molecular flexibility index (Phi) is 3.18. The summed E-state index contributed by atoms with van der Waals surface area (Å²) < 4.78 is 0. The molecule has 3 heterocycles. The van der Waals surface area contributed by atoms with Gasteiger partial charge in [0.1, 0.15) is 11.6 Å². The molecule has 6 heteroatoms. The monoisotopic (exact) mass is 309 g/mol. The molecule has 1 fully saturated rings. The molecule has 2 aromatic heterocycles. The summed E-state index contributed by atoms with van der Waals surface area (Å²) in [6.07, 6.45) is 3.77. The molecule has 6 nitrogen and oxygen atoms in total. The van der Waals surface area contributed by atoms with Crippen LogP contribution in [0.4, 0.5) is 0 Å². The Labute approximate surface area is 133 Å². The number of nitrogens with zero attached hydrogens (tertiary/aromatic N) is 3. The van der Waals surface area contributed by atoms with Gasteiger partial charge in [0.2, 0.25) is 0 Å². The number of H-pyrrole nitrogens is 2. The maximum Gasteiger partial charge on any atom is 0.254 e. The highest BCUT2D eigenvalue weighted by Gasteiger charge is 2.32. The standard InChI is InChI=1S/C17H19N5O/c1-10-9-18-16(19-10)15-4-3-7-22(15)17(23)12-5-6-13-14(8-12)21-11(2)20-13/h5-6,8-9,15H,3-4,7H2,1-2H3,(H,18,19)(H,20,21)/t15-/m0/s1. The fraction of sp³-hybridized carbons (Fsp3) is 0.353. The molecule has 1 aromatic carbocycles. The fourth-order valence-electron chi connectivity index (χ4n) is 3.33. The van der Waals surface area contributed by atoms with Gasteiger partial charge in [0.15, 0.2) is 0 Å². The van der Waals surface area contributed by atoms with Crippen molar-refractivity contribution in [1.29, 1.82) is 0 Å². The molecule has 0 saturated carbocycles. The molecular formula is C17H19N5O. The normalized spacial score (nSPS) is 18.0. The summed E-state index contributed by atoms with van der Waals surface area (Å²) in [7, 11) is 0. The first-order chi connectivity index (χ1) is 11.1. The molecule has 1 aliphatic heterocycles. The number of carbonyl (C=O) groups excluding carboxylic acids is 1. The number of hydrogen-bond donors (Lipinski definition) is 2. The minimum Gasteiger partial charge on any atom is -0.344 e. The largest absolute Gasteiger partial charge is 0.344 e. The van der Waals surface area contributed by atoms with Gasteiger partial charge in [-0.25, -0.2) is 9.97 Å². The zero-order valence-electron chi connectivity index (χ0n) is 13.3. The molecule has 2 N–H and O–H groups in total. The molecule has 1 aliphatic rings. The van der Waals surface area contributed by atoms with Crippen LogP contribution in [-0.4, -0.2) is 37.3 Å². The lowest BCUT2D eigenvalue weighted by molar-refractivity contribution is 0.0730. The number of aromatic amines is 2. The smallest absolute Gasteiger partial charge is 0.254 e. The van der Waals surface area contributed by atoms with E-state index in [2.05, 4.69) is 19.9 Å². The number of nitrogens with one attached hydrogen (secondary N) is 2. The second-order valence-corrected chi connectivity index (χ2v) is 6.16. The molecule has 3 aromatic rings. The van der Waals surface area contributed by atoms with Crippen LogP contribution in [0, 0.1) is 13.8 Å². The van der Waals surface area contributed by atoms with Crippen LogP contribution in [0.3, 0.4) is 0 Å². The van der Waals surface area contributed by atoms with Crippen LogP contribution in [0.2, 0.25) is 0 Å². The number of imidazole rings is 2. The van der Waals surface area contributed by atoms with Crippen LogP contribution in [0.25, 0.3) is 11.0 Å². The Balaban J connectivity index is 1.66. The molecule has 0 bridgehead atoms. The third kappa shape index (κ3) is 2.40. The minimum atomic E-state index is 0.0374. The maximum atomic E-state index is 12.9. The van der Waals surface area contributed by atoms with Crippen LogP contribution >= 0.6 is 0 Å². The SMILES string of the molecule is Cc1cnc([C@@H]2CCCN2C(=O)c2ccc3nc(C)[nH]c3c2)[nH]1. The lowest BCUT2D eigenvalue weighted by Crippen LogP contribution is -2.31. The number of likely N-dealkylation sites (tertiary alicyclic amines) is 1. The summed E-state index contributed by atoms with van der Waals surface area (Å²) in [5.41, 5.74) is 3.50. The summed E-state index contributed by atoms with van der Waals surface area (Å²) in [6.45, 7) is 4.66. The van der Waals surface area contributed by atoms with Gasteiger partial charge in [0.05, 0.1) is 17.1 Å². The topological polar surface area (TPSA) is 77.7 Å². The van der Waals surface area contributed by atoms with Crippen molar-refractivity contribution in [2.24, 2.45) is 0 Å². The highest BCUT2D eigenvalue weighted by atomic mass is 16.2. The zero-order chi connectivity index (χ0) is 16.0. The second-order valence-electron chi connectivity index (χ2n) is 6.16. The van der Waals surface area contributed by atoms with E-state index < -0.39 is 0 Å². The Hall–Kier alpha value is -2.63. The average molecular weight is 309 g/mol. The van der Waals surface area contributed by atoms with Crippen molar-refractivity contribution in [2.75, 3.05) is 6.54 Å². The fourth-order valence-corrected chi connectivity index (χ4v) is 3.33. The summed E-state index contributed by atoms with van der Waals surface area (Å²) >= 11 is 0. The Morgan fingerprint density at radius 1 is 1.30 bits per heavy atom. The number of fused-ring (bicyclic) bond motifs is 1. The van der Waals surface area contributed by atoms with Gasteiger partial charge >= 0.3 is 0 Å². The Morgan fingerprint density at radius 3 is 2.96 bits per heavy atom. The van der Waals surface area contributed by atoms with Crippen molar-refractivity contribution >= 4 is 16.9 Å². The molecule has 1 amide bonds. The van der Waals surface area contributed by atoms with Crippen molar-refractivity contribution in [3.8, 4) is 0 Å². The molecule has 23 heavy (non-hydrogen) atoms. The predicted molar refractivity (Wildman–Crippen MR) is 87.2 cm³/mol. The van der Waals surface area contributed by atoms with Gasteiger partial charge in [0.25, 0.3) is 5.91 Å². The predicted octanol–water partition coefficient (Wildman–Crippen LogP) is 2.88. The third-order valence-corrected chi connectivity index (χ3v) is 4.40. The number of aromatic nitrogens is 4. The molecule has 1 saturated heterocycles. The van der Waals surface area contributed by atoms with E-state index in [0.717, 1.165) is 47.8 Å². The van der Waals surface area contributed by atoms with Gasteiger partial charge in [-0.1, -0.05) is 0 Å². The molecule has 0 unspecified atom stereocenters. The van der Waals surface area contributed by atoms with Gasteiger partial charge in [0, 0.05) is 24.0 Å². The number of carbonyl (C=O) groups is 1. The van der Waals surface area contributed by atoms with Crippen molar-refractivity contribution in [1.82, 2.24) is 24.8 Å². The first kappa shape index (κ1) is 14.0. The van der Waals surface area contributed by atoms with E-state index in [4.69, 9.17) is 0 Å². The van der Waals surface area contributed by atoms with Crippen LogP contribution in [0.15, 0.2) is 24.4 Å². The quantitative estimate of drug-likeness (QED) is 0.764. The van der Waals surface area contributed by atoms with Gasteiger partial charge in [-0.3, -0.25) is 4.79 Å². The Morgan fingerprint density at radius 2 is 2.17 bits per heavy atom. The van der Waals surface area contributed by atoms with E-state index in [0.29, 0.717) is 5.56 Å². The van der Waals surface area contributed by atoms with E-state index in [1.807, 2.05) is 43.1 Å². The van der Waals surface area contributed by atoms with Crippen LogP contribution in [0.1, 0.15) is 46.6 Å². The summed E-state index contributed by atoms with van der Waals surface area (Å²) in [5.74, 6) is 1.79. The highest BCUT2D eigenvalue weighted by molar-refractivity contribution is 5.97. The second kappa shape index (κ2) is 5.22. The van der Waals surface area contributed by atoms with E-state index in [9.17, 15) is 4.79 Å². The van der Waals surface area contributed by atoms with Crippen LogP contribution < -0.4 is 0 Å². The number of benzene rings is 1. The van der Waals surface area contributed by atoms with Gasteiger partial charge in [-0.05, 0) is 44.9 Å². The van der Waals surface area contributed by atoms with Crippen molar-refractivity contribution in [3.63, 3.8) is 0 Å². The summed E-state index contributed by atoms with van der Waals surface area (Å²) in [5, 5.41) is 0. The van der Waals surface area contributed by atoms with E-state index >= 15 is 0 Å². The highest BCUT2D eigenvalue weighted by Crippen LogP contribution is 2.31. The van der Waals surface area contributed by atoms with Crippen molar-refractivity contribution in [3.05, 3.63) is 47.3 Å². The summed E-state index contributed by atoms with van der Waals surface area (Å²) in [6, 6.07) is 5.68. The number of rotatable bonds is 2. The van der Waals surface area contributed by atoms with Crippen molar-refractivity contribution < 1.29 is 4.79 Å². The van der Waals surface area contributed by atoms with E-state index in [-0.39, 0.29) is 11.9 Å². The maximum absolute atomic E-state index is 12.9. The lowest BCUT2D eigenvalue weighted by Gasteiger charge is -2.23. The van der Waals surface area contributed by atoms with Crippen molar-refractivity contribution in [2.45, 2.75) is 32.7 Å². The molecule has 0 radical (unpaired) electrons. The third-order valence-electron chi connectivity index (χ3n) is 4.40. The van der Waals surface area contributed by atoms with Crippen LogP contribution in [0.5, 0.6) is 0 Å². The van der Waals surface area contributed by atoms with Crippen LogP contribution in [-0.2, 0) is 0 Å². The van der Waals surface area contributed by atoms with Gasteiger partial charge in [-0.15, -0.1) is 0 Å². The first-order valence-electron chi connectivity index (χ1n) is 7.90. The number of amides is 1. The average Bonchev–Trinajstić information content (AvgIpc) is 3.23. The molecule has 4 rings (SSSR count). The van der Waals surface area contributed by atoms with E-state index in [1.54, 1.807) is 0 Å². The molecule has 1 atom stereocenters.